The predicted octanol–water partition coefficient (Wildman–Crippen LogP) is 1.72. The molecule has 33 heavy (non-hydrogen) atoms. The summed E-state index contributed by atoms with van der Waals surface area (Å²) >= 11 is 0. The summed E-state index contributed by atoms with van der Waals surface area (Å²) in [7, 11) is -3.81. The van der Waals surface area contributed by atoms with Gasteiger partial charge in [0, 0.05) is 32.2 Å². The normalized spacial score (nSPS) is 24.1. The smallest absolute Gasteiger partial charge is 0.265 e. The molecule has 182 valence electrons. The molecule has 0 unspecified atom stereocenters. The number of benzene rings is 1. The standard InChI is InChI=1S/C23H34N4O5S/c1-3-19-23(29)25-18-13-16(2)21(14-20(18)32-19)33(30,31)27-11-6-7-17(15-27)22(28)24-8-12-26-9-4-5-10-26/h13-14,17,19H,3-12,15H2,1-2H3,(H,24,28)(H,25,29)/t17-,19+/m0/s1. The molecule has 2 saturated heterocycles. The van der Waals surface area contributed by atoms with Crippen molar-refractivity contribution >= 4 is 27.5 Å². The van der Waals surface area contributed by atoms with Crippen LogP contribution < -0.4 is 15.4 Å². The number of fused-ring (bicyclic) bond motifs is 1. The number of hydrogen-bond acceptors (Lipinski definition) is 6. The Morgan fingerprint density at radius 2 is 1.97 bits per heavy atom. The van der Waals surface area contributed by atoms with Gasteiger partial charge in [0.05, 0.1) is 16.5 Å². The van der Waals surface area contributed by atoms with Crippen molar-refractivity contribution in [3.8, 4) is 5.75 Å². The molecule has 0 bridgehead atoms. The fourth-order valence-electron chi connectivity index (χ4n) is 4.83. The van der Waals surface area contributed by atoms with Crippen LogP contribution >= 0.6 is 0 Å². The lowest BCUT2D eigenvalue weighted by molar-refractivity contribution is -0.126. The molecule has 2 amide bonds. The van der Waals surface area contributed by atoms with Crippen molar-refractivity contribution in [1.29, 1.82) is 0 Å². The van der Waals surface area contributed by atoms with E-state index >= 15 is 0 Å². The number of carbonyl (C=O) groups is 2. The molecule has 2 fully saturated rings. The van der Waals surface area contributed by atoms with Crippen molar-refractivity contribution < 1.29 is 22.7 Å². The lowest BCUT2D eigenvalue weighted by Crippen LogP contribution is -2.46. The average Bonchev–Trinajstić information content (AvgIpc) is 3.31. The van der Waals surface area contributed by atoms with Crippen molar-refractivity contribution in [1.82, 2.24) is 14.5 Å². The lowest BCUT2D eigenvalue weighted by Gasteiger charge is -2.32. The number of sulfonamides is 1. The van der Waals surface area contributed by atoms with Crippen LogP contribution in [-0.4, -0.2) is 74.8 Å². The van der Waals surface area contributed by atoms with E-state index in [1.54, 1.807) is 13.0 Å². The molecule has 4 rings (SSSR count). The minimum absolute atomic E-state index is 0.0758. The highest BCUT2D eigenvalue weighted by Gasteiger charge is 2.35. The zero-order valence-corrected chi connectivity index (χ0v) is 20.2. The topological polar surface area (TPSA) is 108 Å². The first kappa shape index (κ1) is 24.0. The number of piperidine rings is 1. The molecule has 3 aliphatic heterocycles. The Hall–Kier alpha value is -2.17. The van der Waals surface area contributed by atoms with Gasteiger partial charge in [-0.05, 0) is 63.7 Å². The van der Waals surface area contributed by atoms with Crippen molar-refractivity contribution in [2.75, 3.05) is 44.6 Å². The summed E-state index contributed by atoms with van der Waals surface area (Å²) in [6.07, 6.45) is 3.58. The number of aryl methyl sites for hydroxylation is 1. The van der Waals surface area contributed by atoms with Gasteiger partial charge in [-0.1, -0.05) is 6.92 Å². The summed E-state index contributed by atoms with van der Waals surface area (Å²) < 4.78 is 34.2. The van der Waals surface area contributed by atoms with Gasteiger partial charge in [-0.3, -0.25) is 9.59 Å². The summed E-state index contributed by atoms with van der Waals surface area (Å²) in [6, 6.07) is 3.14. The zero-order chi connectivity index (χ0) is 23.6. The highest BCUT2D eigenvalue weighted by atomic mass is 32.2. The maximum absolute atomic E-state index is 13.5. The van der Waals surface area contributed by atoms with Gasteiger partial charge in [0.2, 0.25) is 15.9 Å². The second-order valence-electron chi connectivity index (χ2n) is 9.16. The number of nitrogens with zero attached hydrogens (tertiary/aromatic N) is 2. The van der Waals surface area contributed by atoms with E-state index in [4.69, 9.17) is 4.74 Å². The fraction of sp³-hybridized carbons (Fsp3) is 0.652. The average molecular weight is 479 g/mol. The van der Waals surface area contributed by atoms with E-state index in [0.717, 1.165) is 19.6 Å². The molecule has 1 aromatic carbocycles. The predicted molar refractivity (Wildman–Crippen MR) is 125 cm³/mol. The molecule has 1 aromatic rings. The van der Waals surface area contributed by atoms with Crippen LogP contribution in [0.5, 0.6) is 5.75 Å². The molecule has 0 radical (unpaired) electrons. The largest absolute Gasteiger partial charge is 0.478 e. The van der Waals surface area contributed by atoms with Crippen LogP contribution in [0.4, 0.5) is 5.69 Å². The molecule has 0 aromatic heterocycles. The molecule has 9 nitrogen and oxygen atoms in total. The van der Waals surface area contributed by atoms with Gasteiger partial charge >= 0.3 is 0 Å². The molecular weight excluding hydrogens is 444 g/mol. The Morgan fingerprint density at radius 1 is 1.21 bits per heavy atom. The van der Waals surface area contributed by atoms with Crippen molar-refractivity contribution in [2.45, 2.75) is 57.0 Å². The van der Waals surface area contributed by atoms with Crippen molar-refractivity contribution in [3.63, 3.8) is 0 Å². The number of likely N-dealkylation sites (tertiary alicyclic amines) is 1. The Morgan fingerprint density at radius 3 is 2.70 bits per heavy atom. The molecule has 2 atom stereocenters. The maximum Gasteiger partial charge on any atom is 0.265 e. The summed E-state index contributed by atoms with van der Waals surface area (Å²) in [5, 5.41) is 5.79. The Balaban J connectivity index is 1.44. The number of rotatable bonds is 7. The number of anilines is 1. The van der Waals surface area contributed by atoms with Crippen LogP contribution in [0.1, 0.15) is 44.6 Å². The number of nitrogens with one attached hydrogen (secondary N) is 2. The highest BCUT2D eigenvalue weighted by molar-refractivity contribution is 7.89. The third kappa shape index (κ3) is 5.17. The van der Waals surface area contributed by atoms with Crippen LogP contribution in [0.2, 0.25) is 0 Å². The van der Waals surface area contributed by atoms with Crippen molar-refractivity contribution in [3.05, 3.63) is 17.7 Å². The second-order valence-corrected chi connectivity index (χ2v) is 11.1. The van der Waals surface area contributed by atoms with Gasteiger partial charge in [-0.25, -0.2) is 8.42 Å². The minimum Gasteiger partial charge on any atom is -0.478 e. The van der Waals surface area contributed by atoms with E-state index in [-0.39, 0.29) is 29.2 Å². The number of hydrogen-bond donors (Lipinski definition) is 2. The Bertz CT molecular complexity index is 1010. The van der Waals surface area contributed by atoms with Gasteiger partial charge in [-0.2, -0.15) is 4.31 Å². The van der Waals surface area contributed by atoms with Crippen LogP contribution in [0.3, 0.4) is 0 Å². The van der Waals surface area contributed by atoms with E-state index in [1.165, 1.54) is 23.2 Å². The molecule has 0 spiro atoms. The van der Waals surface area contributed by atoms with E-state index in [1.807, 2.05) is 6.92 Å². The summed E-state index contributed by atoms with van der Waals surface area (Å²) in [6.45, 7) is 7.69. The third-order valence-corrected chi connectivity index (χ3v) is 8.77. The number of ether oxygens (including phenoxy) is 1. The monoisotopic (exact) mass is 478 g/mol. The van der Waals surface area contributed by atoms with E-state index in [9.17, 15) is 18.0 Å². The highest BCUT2D eigenvalue weighted by Crippen LogP contribution is 2.36. The molecule has 3 heterocycles. The Kier molecular flexibility index (Phi) is 7.25. The molecule has 2 N–H and O–H groups in total. The SMILES string of the molecule is CC[C@H]1Oc2cc(S(=O)(=O)N3CCC[C@H](C(=O)NCCN4CCCC4)C3)c(C)cc2NC1=O. The molecular formula is C23H34N4O5S. The Labute approximate surface area is 195 Å². The minimum atomic E-state index is -3.81. The number of amides is 2. The summed E-state index contributed by atoms with van der Waals surface area (Å²) in [4.78, 5) is 27.3. The summed E-state index contributed by atoms with van der Waals surface area (Å²) in [5.74, 6) is -0.299. The third-order valence-electron chi connectivity index (χ3n) is 6.77. The molecule has 0 aliphatic carbocycles. The van der Waals surface area contributed by atoms with Crippen LogP contribution in [0.15, 0.2) is 17.0 Å². The number of carbonyl (C=O) groups excluding carboxylic acids is 2. The van der Waals surface area contributed by atoms with Crippen LogP contribution in [0, 0.1) is 12.8 Å². The molecule has 0 saturated carbocycles. The fourth-order valence-corrected chi connectivity index (χ4v) is 6.58. The first-order chi connectivity index (χ1) is 15.8. The van der Waals surface area contributed by atoms with Crippen molar-refractivity contribution in [2.24, 2.45) is 5.92 Å². The first-order valence-electron chi connectivity index (χ1n) is 11.9. The van der Waals surface area contributed by atoms with Gasteiger partial charge in [0.15, 0.2) is 6.10 Å². The molecule has 3 aliphatic rings. The second kappa shape index (κ2) is 9.99. The first-order valence-corrected chi connectivity index (χ1v) is 13.4. The van der Waals surface area contributed by atoms with E-state index in [2.05, 4.69) is 15.5 Å². The maximum atomic E-state index is 13.5. The quantitative estimate of drug-likeness (QED) is 0.618. The molecule has 10 heteroatoms. The van der Waals surface area contributed by atoms with Crippen LogP contribution in [0.25, 0.3) is 0 Å². The van der Waals surface area contributed by atoms with Gasteiger partial charge in [0.1, 0.15) is 5.75 Å². The lowest BCUT2D eigenvalue weighted by atomic mass is 9.99. The summed E-state index contributed by atoms with van der Waals surface area (Å²) in [5.41, 5.74) is 1.01. The zero-order valence-electron chi connectivity index (χ0n) is 19.4. The van der Waals surface area contributed by atoms with E-state index < -0.39 is 16.1 Å². The van der Waals surface area contributed by atoms with E-state index in [0.29, 0.717) is 49.4 Å². The van der Waals surface area contributed by atoms with Crippen LogP contribution in [-0.2, 0) is 19.6 Å². The van der Waals surface area contributed by atoms with Gasteiger partial charge in [0.25, 0.3) is 5.91 Å². The van der Waals surface area contributed by atoms with Gasteiger partial charge in [-0.15, -0.1) is 0 Å². The van der Waals surface area contributed by atoms with Gasteiger partial charge < -0.3 is 20.3 Å².